The standard InChI is InChI=1S/C11H14ClNO2/c1-7-8(3-2-4-13)5-9-11(10(7)12)15-6-14-9/h5H,2-4,6,13H2,1H3. The Balaban J connectivity index is 2.36. The van der Waals surface area contributed by atoms with Crippen molar-refractivity contribution in [2.24, 2.45) is 5.73 Å². The highest BCUT2D eigenvalue weighted by atomic mass is 35.5. The lowest BCUT2D eigenvalue weighted by Crippen LogP contribution is -2.01. The van der Waals surface area contributed by atoms with E-state index in [-0.39, 0.29) is 6.79 Å². The molecule has 1 aromatic carbocycles. The van der Waals surface area contributed by atoms with E-state index in [9.17, 15) is 0 Å². The van der Waals surface area contributed by atoms with Crippen molar-refractivity contribution in [3.05, 3.63) is 22.2 Å². The van der Waals surface area contributed by atoms with Crippen molar-refractivity contribution in [3.63, 3.8) is 0 Å². The van der Waals surface area contributed by atoms with Crippen LogP contribution in [-0.4, -0.2) is 13.3 Å². The Morgan fingerprint density at radius 2 is 2.27 bits per heavy atom. The molecule has 2 N–H and O–H groups in total. The fourth-order valence-electron chi connectivity index (χ4n) is 1.70. The fourth-order valence-corrected chi connectivity index (χ4v) is 1.97. The van der Waals surface area contributed by atoms with Crippen LogP contribution in [0.25, 0.3) is 0 Å². The number of hydrogen-bond acceptors (Lipinski definition) is 3. The van der Waals surface area contributed by atoms with E-state index in [2.05, 4.69) is 0 Å². The highest BCUT2D eigenvalue weighted by molar-refractivity contribution is 6.33. The van der Waals surface area contributed by atoms with Gasteiger partial charge in [-0.25, -0.2) is 0 Å². The summed E-state index contributed by atoms with van der Waals surface area (Å²) >= 11 is 6.19. The van der Waals surface area contributed by atoms with E-state index in [4.69, 9.17) is 26.8 Å². The topological polar surface area (TPSA) is 44.5 Å². The van der Waals surface area contributed by atoms with Gasteiger partial charge in [0.2, 0.25) is 6.79 Å². The molecule has 1 aliphatic rings. The SMILES string of the molecule is Cc1c(CCCN)cc2c(c1Cl)OCO2. The molecule has 0 bridgehead atoms. The van der Waals surface area contributed by atoms with E-state index >= 15 is 0 Å². The molecule has 0 aliphatic carbocycles. The fraction of sp³-hybridized carbons (Fsp3) is 0.455. The van der Waals surface area contributed by atoms with Gasteiger partial charge in [-0.15, -0.1) is 0 Å². The van der Waals surface area contributed by atoms with Gasteiger partial charge in [0.15, 0.2) is 11.5 Å². The van der Waals surface area contributed by atoms with Crippen molar-refractivity contribution < 1.29 is 9.47 Å². The lowest BCUT2D eigenvalue weighted by Gasteiger charge is -2.09. The van der Waals surface area contributed by atoms with Gasteiger partial charge in [-0.1, -0.05) is 11.6 Å². The lowest BCUT2D eigenvalue weighted by molar-refractivity contribution is 0.174. The summed E-state index contributed by atoms with van der Waals surface area (Å²) in [7, 11) is 0. The molecular formula is C11H14ClNO2. The van der Waals surface area contributed by atoms with Crippen LogP contribution < -0.4 is 15.2 Å². The maximum atomic E-state index is 6.19. The summed E-state index contributed by atoms with van der Waals surface area (Å²) in [6.45, 7) is 2.94. The van der Waals surface area contributed by atoms with E-state index in [0.717, 1.165) is 24.2 Å². The molecule has 1 heterocycles. The third kappa shape index (κ3) is 1.90. The maximum Gasteiger partial charge on any atom is 0.231 e. The number of fused-ring (bicyclic) bond motifs is 1. The molecule has 0 radical (unpaired) electrons. The predicted molar refractivity (Wildman–Crippen MR) is 59.7 cm³/mol. The summed E-state index contributed by atoms with van der Waals surface area (Å²) in [5.41, 5.74) is 7.74. The van der Waals surface area contributed by atoms with Crippen LogP contribution in [0.4, 0.5) is 0 Å². The first kappa shape index (κ1) is 10.6. The van der Waals surface area contributed by atoms with E-state index in [1.807, 2.05) is 13.0 Å². The molecule has 1 aliphatic heterocycles. The minimum Gasteiger partial charge on any atom is -0.454 e. The molecule has 3 nitrogen and oxygen atoms in total. The van der Waals surface area contributed by atoms with Gasteiger partial charge in [0, 0.05) is 0 Å². The highest BCUT2D eigenvalue weighted by Crippen LogP contribution is 2.42. The Hall–Kier alpha value is -0.930. The van der Waals surface area contributed by atoms with Crippen LogP contribution in [0.1, 0.15) is 17.5 Å². The van der Waals surface area contributed by atoms with Crippen LogP contribution in [0.2, 0.25) is 5.02 Å². The molecule has 82 valence electrons. The molecule has 0 saturated carbocycles. The van der Waals surface area contributed by atoms with Crippen LogP contribution in [0.5, 0.6) is 11.5 Å². The Labute approximate surface area is 94.1 Å². The number of benzene rings is 1. The first-order valence-electron chi connectivity index (χ1n) is 5.01. The van der Waals surface area contributed by atoms with Crippen LogP contribution >= 0.6 is 11.6 Å². The second-order valence-corrected chi connectivity index (χ2v) is 3.98. The van der Waals surface area contributed by atoms with Gasteiger partial charge in [0.05, 0.1) is 5.02 Å². The Morgan fingerprint density at radius 1 is 1.47 bits per heavy atom. The van der Waals surface area contributed by atoms with E-state index < -0.39 is 0 Å². The number of rotatable bonds is 3. The van der Waals surface area contributed by atoms with Crippen LogP contribution in [0.3, 0.4) is 0 Å². The molecule has 0 unspecified atom stereocenters. The van der Waals surface area contributed by atoms with Crippen molar-refractivity contribution >= 4 is 11.6 Å². The smallest absolute Gasteiger partial charge is 0.231 e. The zero-order valence-corrected chi connectivity index (χ0v) is 9.43. The second kappa shape index (κ2) is 4.29. The minimum absolute atomic E-state index is 0.259. The van der Waals surface area contributed by atoms with Crippen LogP contribution in [-0.2, 0) is 6.42 Å². The number of ether oxygens (including phenoxy) is 2. The summed E-state index contributed by atoms with van der Waals surface area (Å²) in [4.78, 5) is 0. The molecule has 4 heteroatoms. The molecule has 0 saturated heterocycles. The Bertz CT molecular complexity index is 379. The van der Waals surface area contributed by atoms with Gasteiger partial charge < -0.3 is 15.2 Å². The second-order valence-electron chi connectivity index (χ2n) is 3.60. The minimum atomic E-state index is 0.259. The zero-order valence-electron chi connectivity index (χ0n) is 8.68. The third-order valence-corrected chi connectivity index (χ3v) is 3.06. The lowest BCUT2D eigenvalue weighted by atomic mass is 10.0. The van der Waals surface area contributed by atoms with Crippen molar-refractivity contribution in [2.75, 3.05) is 13.3 Å². The van der Waals surface area contributed by atoms with Gasteiger partial charge in [-0.05, 0) is 43.5 Å². The molecule has 0 atom stereocenters. The van der Waals surface area contributed by atoms with Gasteiger partial charge in [-0.3, -0.25) is 0 Å². The summed E-state index contributed by atoms with van der Waals surface area (Å²) in [5.74, 6) is 1.42. The maximum absolute atomic E-state index is 6.19. The average Bonchev–Trinajstić information content (AvgIpc) is 2.69. The summed E-state index contributed by atoms with van der Waals surface area (Å²) in [6.07, 6.45) is 1.88. The monoisotopic (exact) mass is 227 g/mol. The molecule has 0 amide bonds. The van der Waals surface area contributed by atoms with Crippen molar-refractivity contribution in [3.8, 4) is 11.5 Å². The molecule has 0 aromatic heterocycles. The average molecular weight is 228 g/mol. The number of hydrogen-bond donors (Lipinski definition) is 1. The van der Waals surface area contributed by atoms with Crippen LogP contribution in [0, 0.1) is 6.92 Å². The van der Waals surface area contributed by atoms with Gasteiger partial charge in [0.25, 0.3) is 0 Å². The van der Waals surface area contributed by atoms with Crippen molar-refractivity contribution in [1.29, 1.82) is 0 Å². The van der Waals surface area contributed by atoms with Crippen molar-refractivity contribution in [2.45, 2.75) is 19.8 Å². The summed E-state index contributed by atoms with van der Waals surface area (Å²) in [6, 6.07) is 2.00. The predicted octanol–water partition coefficient (Wildman–Crippen LogP) is 2.27. The molecule has 1 aromatic rings. The Morgan fingerprint density at radius 3 is 3.00 bits per heavy atom. The molecule has 2 rings (SSSR count). The molecule has 0 spiro atoms. The zero-order chi connectivity index (χ0) is 10.8. The highest BCUT2D eigenvalue weighted by Gasteiger charge is 2.20. The third-order valence-electron chi connectivity index (χ3n) is 2.61. The van der Waals surface area contributed by atoms with E-state index in [0.29, 0.717) is 17.3 Å². The Kier molecular flexibility index (Phi) is 3.03. The van der Waals surface area contributed by atoms with Crippen molar-refractivity contribution in [1.82, 2.24) is 0 Å². The van der Waals surface area contributed by atoms with E-state index in [1.165, 1.54) is 5.56 Å². The van der Waals surface area contributed by atoms with E-state index in [1.54, 1.807) is 0 Å². The van der Waals surface area contributed by atoms with Crippen LogP contribution in [0.15, 0.2) is 6.07 Å². The number of aryl methyl sites for hydroxylation is 1. The summed E-state index contributed by atoms with van der Waals surface area (Å²) in [5, 5.41) is 0.664. The first-order chi connectivity index (χ1) is 7.24. The first-order valence-corrected chi connectivity index (χ1v) is 5.39. The van der Waals surface area contributed by atoms with Gasteiger partial charge >= 0.3 is 0 Å². The largest absolute Gasteiger partial charge is 0.454 e. The normalized spacial score (nSPS) is 13.3. The number of halogens is 1. The van der Waals surface area contributed by atoms with Gasteiger partial charge in [-0.2, -0.15) is 0 Å². The summed E-state index contributed by atoms with van der Waals surface area (Å²) < 4.78 is 10.6. The molecule has 0 fully saturated rings. The van der Waals surface area contributed by atoms with Gasteiger partial charge in [0.1, 0.15) is 0 Å². The quantitative estimate of drug-likeness (QED) is 0.862. The number of nitrogens with two attached hydrogens (primary N) is 1. The molecular weight excluding hydrogens is 214 g/mol. The molecule has 15 heavy (non-hydrogen) atoms.